The van der Waals surface area contributed by atoms with Gasteiger partial charge in [-0.25, -0.2) is 4.98 Å². The molecule has 12 nitrogen and oxygen atoms in total. The molecule has 294 valence electrons. The summed E-state index contributed by atoms with van der Waals surface area (Å²) in [4.78, 5) is 58.7. The van der Waals surface area contributed by atoms with Gasteiger partial charge in [0.15, 0.2) is 0 Å². The van der Waals surface area contributed by atoms with E-state index in [1.54, 1.807) is 11.3 Å². The number of hydrogen-bond donors (Lipinski definition) is 5. The van der Waals surface area contributed by atoms with Crippen molar-refractivity contribution in [3.05, 3.63) is 88.6 Å². The van der Waals surface area contributed by atoms with E-state index in [4.69, 9.17) is 16.2 Å². The van der Waals surface area contributed by atoms with E-state index in [2.05, 4.69) is 21.7 Å². The number of aliphatic hydroxyl groups is 1. The maximum Gasteiger partial charge on any atom is 0.246 e. The lowest BCUT2D eigenvalue weighted by Crippen LogP contribution is -2.57. The molecule has 5 rings (SSSR count). The Bertz CT molecular complexity index is 1970. The number of nitrogens with one attached hydrogen (secondary N) is 2. The summed E-state index contributed by atoms with van der Waals surface area (Å²) in [5.74, 6) is -1.40. The highest BCUT2D eigenvalue weighted by Gasteiger charge is 2.44. The van der Waals surface area contributed by atoms with Gasteiger partial charge in [-0.1, -0.05) is 75.4 Å². The second-order valence-corrected chi connectivity index (χ2v) is 16.5. The van der Waals surface area contributed by atoms with Gasteiger partial charge in [-0.3, -0.25) is 19.2 Å². The van der Waals surface area contributed by atoms with Crippen LogP contribution in [0.4, 0.5) is 0 Å². The number of aliphatic hydroxyl groups excluding tert-OH is 1. The highest BCUT2D eigenvalue weighted by molar-refractivity contribution is 7.13. The van der Waals surface area contributed by atoms with Crippen LogP contribution in [0.15, 0.2) is 66.2 Å². The number of carbonyl (C=O) groups excluding carboxylic acids is 4. The van der Waals surface area contributed by atoms with Crippen molar-refractivity contribution in [3.8, 4) is 10.4 Å². The summed E-state index contributed by atoms with van der Waals surface area (Å²) in [6.45, 7) is 10.1. The number of nitrogens with zero attached hydrogens (tertiary/aromatic N) is 2. The molecular formula is C42H54N6O6S. The van der Waals surface area contributed by atoms with Crippen LogP contribution < -0.4 is 22.1 Å². The van der Waals surface area contributed by atoms with Crippen LogP contribution in [0.2, 0.25) is 0 Å². The van der Waals surface area contributed by atoms with Gasteiger partial charge in [0.25, 0.3) is 0 Å². The fourth-order valence-electron chi connectivity index (χ4n) is 6.76. The lowest BCUT2D eigenvalue weighted by molar-refractivity contribution is -0.144. The van der Waals surface area contributed by atoms with Crippen LogP contribution in [0.3, 0.4) is 0 Å². The molecule has 4 amide bonds. The highest BCUT2D eigenvalue weighted by atomic mass is 32.1. The van der Waals surface area contributed by atoms with Crippen molar-refractivity contribution >= 4 is 45.7 Å². The summed E-state index contributed by atoms with van der Waals surface area (Å²) in [6, 6.07) is 18.0. The Morgan fingerprint density at radius 2 is 1.65 bits per heavy atom. The van der Waals surface area contributed by atoms with Crippen LogP contribution >= 0.6 is 11.3 Å². The first kappa shape index (κ1) is 41.5. The lowest BCUT2D eigenvalue weighted by atomic mass is 9.85. The Labute approximate surface area is 327 Å². The molecule has 0 saturated carbocycles. The number of primary amides is 1. The zero-order valence-corrected chi connectivity index (χ0v) is 33.2. The lowest BCUT2D eigenvalue weighted by Gasteiger charge is -2.35. The van der Waals surface area contributed by atoms with E-state index < -0.39 is 29.5 Å². The zero-order chi connectivity index (χ0) is 39.9. The number of β-amino-alcohol motifs (C(OH)–C–C–N with tert-alkyl or cyclic N) is 1. The number of thiazole rings is 1. The van der Waals surface area contributed by atoms with Crippen molar-refractivity contribution in [2.45, 2.75) is 110 Å². The number of nitrogens with two attached hydrogens (primary N) is 2. The van der Waals surface area contributed by atoms with Crippen LogP contribution in [0, 0.1) is 12.3 Å². The molecule has 0 unspecified atom stereocenters. The predicted molar refractivity (Wildman–Crippen MR) is 215 cm³/mol. The van der Waals surface area contributed by atoms with Gasteiger partial charge in [-0.2, -0.15) is 0 Å². The van der Waals surface area contributed by atoms with Gasteiger partial charge >= 0.3 is 0 Å². The van der Waals surface area contributed by atoms with Crippen LogP contribution in [0.25, 0.3) is 21.2 Å². The SMILES string of the molecule is Cc1ncsc1-c1ccc(CNC(=O)[C@@H]2C[C@@H](O)CN2C(=O)[C@@H](NC(=O)CCc2ccc3cc(CO[C@H](C)[C@@H](N)CCC(N)=O)ccc3c2)C(C)(C)C)cc1. The molecule has 1 fully saturated rings. The van der Waals surface area contributed by atoms with Crippen molar-refractivity contribution < 1.29 is 29.0 Å². The minimum Gasteiger partial charge on any atom is -0.391 e. The van der Waals surface area contributed by atoms with Crippen molar-refractivity contribution in [1.82, 2.24) is 20.5 Å². The third-order valence-electron chi connectivity index (χ3n) is 10.2. The molecule has 13 heteroatoms. The van der Waals surface area contributed by atoms with Crippen molar-refractivity contribution in [2.24, 2.45) is 16.9 Å². The number of amides is 4. The first-order valence-electron chi connectivity index (χ1n) is 18.8. The number of carbonyl (C=O) groups is 4. The first-order valence-corrected chi connectivity index (χ1v) is 19.7. The third-order valence-corrected chi connectivity index (χ3v) is 11.1. The fraction of sp³-hybridized carbons (Fsp3) is 0.452. The van der Waals surface area contributed by atoms with Crippen LogP contribution in [-0.4, -0.2) is 75.5 Å². The maximum atomic E-state index is 14.0. The normalized spacial score (nSPS) is 17.5. The van der Waals surface area contributed by atoms with Gasteiger partial charge in [0.05, 0.1) is 34.9 Å². The summed E-state index contributed by atoms with van der Waals surface area (Å²) >= 11 is 1.58. The molecule has 3 aromatic carbocycles. The van der Waals surface area contributed by atoms with Gasteiger partial charge in [0, 0.05) is 38.4 Å². The van der Waals surface area contributed by atoms with Gasteiger partial charge in [0.1, 0.15) is 12.1 Å². The average molecular weight is 771 g/mol. The Morgan fingerprint density at radius 1 is 1.00 bits per heavy atom. The summed E-state index contributed by atoms with van der Waals surface area (Å²) in [5.41, 5.74) is 17.4. The number of benzene rings is 3. The number of likely N-dealkylation sites (tertiary alicyclic amines) is 1. The fourth-order valence-corrected chi connectivity index (χ4v) is 7.57. The van der Waals surface area contributed by atoms with E-state index in [1.807, 2.05) is 94.7 Å². The van der Waals surface area contributed by atoms with Gasteiger partial charge in [-0.05, 0) is 71.2 Å². The summed E-state index contributed by atoms with van der Waals surface area (Å²) in [7, 11) is 0. The summed E-state index contributed by atoms with van der Waals surface area (Å²) in [6.07, 6.45) is 0.357. The van der Waals surface area contributed by atoms with E-state index in [1.165, 1.54) is 4.90 Å². The van der Waals surface area contributed by atoms with Crippen molar-refractivity contribution in [2.75, 3.05) is 6.54 Å². The standard InChI is InChI=1S/C42H54N6O6S/c1-25-38(55-24-46-25)30-11-7-28(8-12-30)21-45-40(52)35-20-33(49)22-48(35)41(53)39(42(3,4)5)47-37(51)17-10-27-6-13-32-19-29(9-14-31(32)18-27)23-54-26(2)34(43)15-16-36(44)50/h6-9,11-14,18-19,24,26,33-35,39,49H,10,15-17,20-23,43H2,1-5H3,(H2,44,50)(H,45,52)(H,47,51)/t26-,33-,34+,35+,39-/m1/s1. The molecule has 1 saturated heterocycles. The monoisotopic (exact) mass is 770 g/mol. The number of ether oxygens (including phenoxy) is 1. The molecule has 0 aliphatic carbocycles. The van der Waals surface area contributed by atoms with Gasteiger partial charge < -0.3 is 36.8 Å². The Morgan fingerprint density at radius 3 is 2.29 bits per heavy atom. The molecule has 0 bridgehead atoms. The highest BCUT2D eigenvalue weighted by Crippen LogP contribution is 2.29. The smallest absolute Gasteiger partial charge is 0.246 e. The molecule has 5 atom stereocenters. The topological polar surface area (TPSA) is 190 Å². The molecular weight excluding hydrogens is 717 g/mol. The Hall–Kier alpha value is -4.69. The van der Waals surface area contributed by atoms with Crippen molar-refractivity contribution in [3.63, 3.8) is 0 Å². The van der Waals surface area contributed by atoms with E-state index in [-0.39, 0.29) is 62.2 Å². The van der Waals surface area contributed by atoms with Gasteiger partial charge in [-0.15, -0.1) is 11.3 Å². The molecule has 2 heterocycles. The molecule has 0 radical (unpaired) electrons. The second kappa shape index (κ2) is 18.3. The number of aromatic nitrogens is 1. The molecule has 7 N–H and O–H groups in total. The minimum absolute atomic E-state index is 0.0106. The largest absolute Gasteiger partial charge is 0.391 e. The van der Waals surface area contributed by atoms with E-state index >= 15 is 0 Å². The molecule has 4 aromatic rings. The predicted octanol–water partition coefficient (Wildman–Crippen LogP) is 4.51. The second-order valence-electron chi connectivity index (χ2n) is 15.6. The quantitative estimate of drug-likeness (QED) is 0.110. The molecule has 0 spiro atoms. The summed E-state index contributed by atoms with van der Waals surface area (Å²) in [5, 5.41) is 18.5. The third kappa shape index (κ3) is 11.2. The van der Waals surface area contributed by atoms with Gasteiger partial charge in [0.2, 0.25) is 23.6 Å². The van der Waals surface area contributed by atoms with E-state index in [9.17, 15) is 24.3 Å². The van der Waals surface area contributed by atoms with Crippen molar-refractivity contribution in [1.29, 1.82) is 0 Å². The number of rotatable bonds is 16. The number of fused-ring (bicyclic) bond motifs is 1. The maximum absolute atomic E-state index is 14.0. The van der Waals surface area contributed by atoms with Crippen LogP contribution in [-0.2, 0) is 43.5 Å². The molecule has 1 aliphatic heterocycles. The van der Waals surface area contributed by atoms with Crippen LogP contribution in [0.1, 0.15) is 75.8 Å². The minimum atomic E-state index is -0.902. The van der Waals surface area contributed by atoms with E-state index in [0.717, 1.165) is 43.6 Å². The Balaban J connectivity index is 1.15. The molecule has 1 aromatic heterocycles. The first-order chi connectivity index (χ1) is 26.1. The zero-order valence-electron chi connectivity index (χ0n) is 32.3. The average Bonchev–Trinajstić information content (AvgIpc) is 3.77. The number of hydrogen-bond acceptors (Lipinski definition) is 9. The molecule has 1 aliphatic rings. The molecule has 55 heavy (non-hydrogen) atoms. The Kier molecular flexibility index (Phi) is 13.8. The van der Waals surface area contributed by atoms with E-state index in [0.29, 0.717) is 19.4 Å². The van der Waals surface area contributed by atoms with Crippen LogP contribution in [0.5, 0.6) is 0 Å². The summed E-state index contributed by atoms with van der Waals surface area (Å²) < 4.78 is 5.95. The number of aryl methyl sites for hydroxylation is 2.